The van der Waals surface area contributed by atoms with Crippen molar-refractivity contribution in [3.63, 3.8) is 0 Å². The predicted molar refractivity (Wildman–Crippen MR) is 76.1 cm³/mol. The molecule has 0 amide bonds. The van der Waals surface area contributed by atoms with Crippen molar-refractivity contribution in [3.05, 3.63) is 35.9 Å². The van der Waals surface area contributed by atoms with Gasteiger partial charge in [0.1, 0.15) is 18.3 Å². The summed E-state index contributed by atoms with van der Waals surface area (Å²) in [6.07, 6.45) is 0.490. The van der Waals surface area contributed by atoms with E-state index < -0.39 is 0 Å². The van der Waals surface area contributed by atoms with Crippen molar-refractivity contribution in [3.8, 4) is 0 Å². The summed E-state index contributed by atoms with van der Waals surface area (Å²) in [5.41, 5.74) is 1.15. The Morgan fingerprint density at radius 2 is 1.52 bits per heavy atom. The molecule has 1 aromatic carbocycles. The van der Waals surface area contributed by atoms with Crippen LogP contribution in [0.3, 0.4) is 0 Å². The fraction of sp³-hybridized carbons (Fsp3) is 0.625. The molecule has 1 aromatic rings. The van der Waals surface area contributed by atoms with Crippen molar-refractivity contribution < 1.29 is 23.7 Å². The Morgan fingerprint density at radius 1 is 0.952 bits per heavy atom. The number of hydrogen-bond acceptors (Lipinski definition) is 5. The molecule has 5 heteroatoms. The van der Waals surface area contributed by atoms with Gasteiger partial charge in [0.25, 0.3) is 0 Å². The molecule has 2 unspecified atom stereocenters. The molecule has 0 bridgehead atoms. The van der Waals surface area contributed by atoms with E-state index in [1.807, 2.05) is 18.2 Å². The molecule has 3 rings (SSSR count). The van der Waals surface area contributed by atoms with Gasteiger partial charge in [0.05, 0.1) is 46.2 Å². The summed E-state index contributed by atoms with van der Waals surface area (Å²) in [5, 5.41) is 0. The molecule has 0 saturated carbocycles. The first-order chi connectivity index (χ1) is 10.4. The van der Waals surface area contributed by atoms with E-state index in [2.05, 4.69) is 12.1 Å². The Morgan fingerprint density at radius 3 is 2.05 bits per heavy atom. The first-order valence-corrected chi connectivity index (χ1v) is 7.44. The van der Waals surface area contributed by atoms with E-state index in [0.717, 1.165) is 18.8 Å². The monoisotopic (exact) mass is 294 g/mol. The summed E-state index contributed by atoms with van der Waals surface area (Å²) < 4.78 is 27.4. The molecule has 0 spiro atoms. The third kappa shape index (κ3) is 6.11. The number of ether oxygens (including phenoxy) is 5. The maximum Gasteiger partial charge on any atom is 0.105 e. The van der Waals surface area contributed by atoms with Crippen LogP contribution in [0.1, 0.15) is 5.56 Å². The van der Waals surface area contributed by atoms with E-state index >= 15 is 0 Å². The second-order valence-electron chi connectivity index (χ2n) is 5.40. The van der Waals surface area contributed by atoms with Gasteiger partial charge in [-0.2, -0.15) is 0 Å². The highest BCUT2D eigenvalue weighted by Gasteiger charge is 2.24. The number of epoxide rings is 2. The summed E-state index contributed by atoms with van der Waals surface area (Å²) in [4.78, 5) is 0. The zero-order valence-electron chi connectivity index (χ0n) is 12.1. The molecule has 2 heterocycles. The SMILES string of the molecule is c1ccc(COC(COCC2CO2)COCC2CO2)cc1. The van der Waals surface area contributed by atoms with Crippen LogP contribution in [0.4, 0.5) is 0 Å². The van der Waals surface area contributed by atoms with Gasteiger partial charge in [-0.05, 0) is 5.56 Å². The summed E-state index contributed by atoms with van der Waals surface area (Å²) >= 11 is 0. The van der Waals surface area contributed by atoms with Gasteiger partial charge in [-0.3, -0.25) is 0 Å². The van der Waals surface area contributed by atoms with E-state index in [4.69, 9.17) is 23.7 Å². The van der Waals surface area contributed by atoms with E-state index in [1.54, 1.807) is 0 Å². The molecular weight excluding hydrogens is 272 g/mol. The predicted octanol–water partition coefficient (Wildman–Crippen LogP) is 1.40. The van der Waals surface area contributed by atoms with Crippen molar-refractivity contribution >= 4 is 0 Å². The molecule has 0 aromatic heterocycles. The summed E-state index contributed by atoms with van der Waals surface area (Å²) in [6.45, 7) is 4.51. The van der Waals surface area contributed by atoms with Gasteiger partial charge in [0.15, 0.2) is 0 Å². The second kappa shape index (κ2) is 7.87. The molecule has 2 aliphatic heterocycles. The number of hydrogen-bond donors (Lipinski definition) is 0. The van der Waals surface area contributed by atoms with Gasteiger partial charge in [0.2, 0.25) is 0 Å². The van der Waals surface area contributed by atoms with Gasteiger partial charge in [-0.1, -0.05) is 30.3 Å². The van der Waals surface area contributed by atoms with Crippen LogP contribution in [-0.4, -0.2) is 58.0 Å². The van der Waals surface area contributed by atoms with Crippen molar-refractivity contribution in [2.45, 2.75) is 24.9 Å². The second-order valence-corrected chi connectivity index (χ2v) is 5.40. The van der Waals surface area contributed by atoms with Crippen LogP contribution in [0.2, 0.25) is 0 Å². The van der Waals surface area contributed by atoms with Crippen LogP contribution in [0.15, 0.2) is 30.3 Å². The third-order valence-electron chi connectivity index (χ3n) is 3.35. The van der Waals surface area contributed by atoms with Crippen molar-refractivity contribution in [2.75, 3.05) is 39.6 Å². The first-order valence-electron chi connectivity index (χ1n) is 7.44. The third-order valence-corrected chi connectivity index (χ3v) is 3.35. The van der Waals surface area contributed by atoms with Gasteiger partial charge >= 0.3 is 0 Å². The van der Waals surface area contributed by atoms with Gasteiger partial charge < -0.3 is 23.7 Å². The molecule has 5 nitrogen and oxygen atoms in total. The highest BCUT2D eigenvalue weighted by Crippen LogP contribution is 2.12. The molecule has 0 radical (unpaired) electrons. The van der Waals surface area contributed by atoms with Crippen LogP contribution in [0, 0.1) is 0 Å². The lowest BCUT2D eigenvalue weighted by Gasteiger charge is -2.18. The lowest BCUT2D eigenvalue weighted by atomic mass is 10.2. The van der Waals surface area contributed by atoms with E-state index in [0.29, 0.717) is 33.0 Å². The quantitative estimate of drug-likeness (QED) is 0.578. The summed E-state index contributed by atoms with van der Waals surface area (Å²) in [6, 6.07) is 10.1. The normalized spacial score (nSPS) is 24.8. The summed E-state index contributed by atoms with van der Waals surface area (Å²) in [7, 11) is 0. The minimum Gasteiger partial charge on any atom is -0.376 e. The molecule has 2 fully saturated rings. The van der Waals surface area contributed by atoms with E-state index in [1.165, 1.54) is 0 Å². The molecule has 2 saturated heterocycles. The van der Waals surface area contributed by atoms with Crippen LogP contribution in [0.25, 0.3) is 0 Å². The van der Waals surface area contributed by atoms with Crippen molar-refractivity contribution in [1.29, 1.82) is 0 Å². The highest BCUT2D eigenvalue weighted by molar-refractivity contribution is 5.13. The molecule has 0 N–H and O–H groups in total. The Bertz CT molecular complexity index is 384. The largest absolute Gasteiger partial charge is 0.376 e. The van der Waals surface area contributed by atoms with E-state index in [9.17, 15) is 0 Å². The van der Waals surface area contributed by atoms with Crippen LogP contribution >= 0.6 is 0 Å². The molecule has 2 aliphatic rings. The lowest BCUT2D eigenvalue weighted by molar-refractivity contribution is -0.0695. The average Bonchev–Trinajstić information content (AvgIpc) is 3.40. The fourth-order valence-corrected chi connectivity index (χ4v) is 1.92. The van der Waals surface area contributed by atoms with Crippen molar-refractivity contribution in [2.24, 2.45) is 0 Å². The molecule has 0 aliphatic carbocycles. The minimum absolute atomic E-state index is 0.0669. The standard InChI is InChI=1S/C16H22O5/c1-2-4-13(5-3-1)6-19-14(7-17-9-15-11-20-15)8-18-10-16-12-21-16/h1-5,14-16H,6-12H2. The Labute approximate surface area is 125 Å². The zero-order chi connectivity index (χ0) is 14.3. The lowest BCUT2D eigenvalue weighted by Crippen LogP contribution is -2.27. The first kappa shape index (κ1) is 14.9. The van der Waals surface area contributed by atoms with Gasteiger partial charge in [-0.15, -0.1) is 0 Å². The van der Waals surface area contributed by atoms with Crippen LogP contribution in [-0.2, 0) is 30.3 Å². The number of benzene rings is 1. The number of rotatable bonds is 11. The maximum absolute atomic E-state index is 5.90. The van der Waals surface area contributed by atoms with Crippen LogP contribution in [0.5, 0.6) is 0 Å². The fourth-order valence-electron chi connectivity index (χ4n) is 1.92. The average molecular weight is 294 g/mol. The highest BCUT2D eigenvalue weighted by atomic mass is 16.6. The Kier molecular flexibility index (Phi) is 5.60. The topological polar surface area (TPSA) is 52.8 Å². The summed E-state index contributed by atoms with van der Waals surface area (Å²) in [5.74, 6) is 0. The molecular formula is C16H22O5. The Hall–Kier alpha value is -0.980. The van der Waals surface area contributed by atoms with E-state index in [-0.39, 0.29) is 18.3 Å². The maximum atomic E-state index is 5.90. The smallest absolute Gasteiger partial charge is 0.105 e. The Balaban J connectivity index is 1.37. The molecule has 2 atom stereocenters. The van der Waals surface area contributed by atoms with Crippen LogP contribution < -0.4 is 0 Å². The van der Waals surface area contributed by atoms with Gasteiger partial charge in [-0.25, -0.2) is 0 Å². The molecule has 116 valence electrons. The van der Waals surface area contributed by atoms with Crippen molar-refractivity contribution in [1.82, 2.24) is 0 Å². The van der Waals surface area contributed by atoms with Gasteiger partial charge in [0, 0.05) is 0 Å². The zero-order valence-corrected chi connectivity index (χ0v) is 12.1. The minimum atomic E-state index is -0.0669. The molecule has 21 heavy (non-hydrogen) atoms.